The number of anilines is 1. The molecule has 0 heterocycles. The molecule has 0 aliphatic heterocycles. The number of ether oxygens (including phenoxy) is 4. The fourth-order valence-electron chi connectivity index (χ4n) is 6.83. The van der Waals surface area contributed by atoms with Crippen LogP contribution in [-0.4, -0.2) is 107 Å². The predicted molar refractivity (Wildman–Crippen MR) is 214 cm³/mol. The van der Waals surface area contributed by atoms with E-state index in [0.717, 1.165) is 0 Å². The summed E-state index contributed by atoms with van der Waals surface area (Å²) in [5, 5.41) is 11.4. The quantitative estimate of drug-likeness (QED) is 0.0213. The molecule has 10 nitrogen and oxygen atoms in total. The Bertz CT molecular complexity index is 2010. The van der Waals surface area contributed by atoms with Crippen LogP contribution in [0, 0.1) is 0 Å². The normalized spacial score (nSPS) is 15.0. The molecule has 2 aromatic rings. The van der Waals surface area contributed by atoms with E-state index in [1.165, 1.54) is 96.8 Å². The summed E-state index contributed by atoms with van der Waals surface area (Å²) >= 11 is 0. The molecule has 0 spiro atoms. The van der Waals surface area contributed by atoms with Crippen molar-refractivity contribution < 1.29 is 113 Å². The molecule has 28 heteroatoms. The molecule has 0 saturated heterocycles. The number of nitrogens with one attached hydrogen (secondary N) is 2. The number of halogens is 17. The topological polar surface area (TPSA) is 125 Å². The summed E-state index contributed by atoms with van der Waals surface area (Å²) in [6.45, 7) is 5.65. The lowest BCUT2D eigenvalue weighted by Gasteiger charge is -2.44. The standard InChI is InChI=1S/C41H49F17N2O8Si/c1-23(2)69(24(3)4,22-19-34(42,43)35(44,45)36(46,47)37(48,49)38(50,51)39(52,53)40(54,55)41(56,57)58)67-21-20-66-29-15-11-26(12-16-29)31(30(65-7)10-8-9-25(5)32(61)60-63)68-33(62)59-27-13-17-28(64-6)18-14-27/h9,11-18,23-24,30-31,63H,8,10,19-22H2,1-7H3,(H,59,62)(H,60,61)/b25-9+/t30-,31-/m0/s1. The zero-order valence-electron chi connectivity index (χ0n) is 37.5. The number of hydrogen-bond acceptors (Lipinski definition) is 8. The van der Waals surface area contributed by atoms with Crippen LogP contribution in [0.3, 0.4) is 0 Å². The number of amides is 2. The van der Waals surface area contributed by atoms with Crippen LogP contribution in [0.1, 0.15) is 65.5 Å². The van der Waals surface area contributed by atoms with Gasteiger partial charge in [-0.2, -0.15) is 74.6 Å². The molecule has 0 bridgehead atoms. The van der Waals surface area contributed by atoms with Gasteiger partial charge in [-0.05, 0) is 78.9 Å². The smallest absolute Gasteiger partial charge is 0.460 e. The van der Waals surface area contributed by atoms with Gasteiger partial charge in [-0.3, -0.25) is 15.3 Å². The van der Waals surface area contributed by atoms with Gasteiger partial charge in [-0.1, -0.05) is 45.9 Å². The summed E-state index contributed by atoms with van der Waals surface area (Å²) in [4.78, 5) is 24.8. The predicted octanol–water partition coefficient (Wildman–Crippen LogP) is 12.8. The molecular weight excluding hydrogens is 1000 g/mol. The number of benzene rings is 2. The van der Waals surface area contributed by atoms with Crippen molar-refractivity contribution in [2.45, 2.75) is 131 Å². The van der Waals surface area contributed by atoms with Gasteiger partial charge in [0.1, 0.15) is 18.1 Å². The van der Waals surface area contributed by atoms with Crippen LogP contribution in [0.2, 0.25) is 17.1 Å². The van der Waals surface area contributed by atoms with Gasteiger partial charge in [0.25, 0.3) is 5.91 Å². The fraction of sp³-hybridized carbons (Fsp3) is 0.610. The van der Waals surface area contributed by atoms with E-state index in [2.05, 4.69) is 5.32 Å². The zero-order valence-corrected chi connectivity index (χ0v) is 38.5. The number of carbonyl (C=O) groups excluding carboxylic acids is 2. The van der Waals surface area contributed by atoms with Crippen LogP contribution in [0.5, 0.6) is 11.5 Å². The third-order valence-electron chi connectivity index (χ3n) is 11.1. The van der Waals surface area contributed by atoms with Crippen molar-refractivity contribution in [2.75, 3.05) is 32.8 Å². The number of hydroxylamine groups is 1. The minimum absolute atomic E-state index is 0.0809. The van der Waals surface area contributed by atoms with Crippen LogP contribution in [0.25, 0.3) is 0 Å². The molecule has 69 heavy (non-hydrogen) atoms. The lowest BCUT2D eigenvalue weighted by Crippen LogP contribution is -2.74. The van der Waals surface area contributed by atoms with Crippen LogP contribution in [0.15, 0.2) is 60.2 Å². The Morgan fingerprint density at radius 1 is 0.681 bits per heavy atom. The molecular formula is C41H49F17N2O8Si. The highest BCUT2D eigenvalue weighted by Gasteiger charge is 2.95. The Labute approximate surface area is 384 Å². The van der Waals surface area contributed by atoms with Crippen molar-refractivity contribution in [2.24, 2.45) is 0 Å². The molecule has 394 valence electrons. The van der Waals surface area contributed by atoms with Gasteiger partial charge in [0, 0.05) is 24.8 Å². The third-order valence-corrected chi connectivity index (χ3v) is 16.8. The zero-order chi connectivity index (χ0) is 53.4. The minimum atomic E-state index is -8.71. The first-order valence-corrected chi connectivity index (χ1v) is 22.5. The Kier molecular flexibility index (Phi) is 19.9. The summed E-state index contributed by atoms with van der Waals surface area (Å²) in [6.07, 6.45) is -11.5. The minimum Gasteiger partial charge on any atom is -0.497 e. The summed E-state index contributed by atoms with van der Waals surface area (Å²) in [6, 6.07) is 10.5. The molecule has 0 aliphatic rings. The van der Waals surface area contributed by atoms with E-state index >= 15 is 8.78 Å². The van der Waals surface area contributed by atoms with Crippen molar-refractivity contribution in [3.63, 3.8) is 0 Å². The van der Waals surface area contributed by atoms with Crippen LogP contribution in [-0.2, 0) is 18.7 Å². The van der Waals surface area contributed by atoms with E-state index < -0.39 is 117 Å². The second-order valence-electron chi connectivity index (χ2n) is 16.0. The van der Waals surface area contributed by atoms with E-state index in [0.29, 0.717) is 17.0 Å². The van der Waals surface area contributed by atoms with E-state index in [4.69, 9.17) is 28.6 Å². The second-order valence-corrected chi connectivity index (χ2v) is 21.0. The lowest BCUT2D eigenvalue weighted by atomic mass is 9.88. The summed E-state index contributed by atoms with van der Waals surface area (Å²) in [5.74, 6) is -57.1. The summed E-state index contributed by atoms with van der Waals surface area (Å²) in [7, 11) is -1.29. The monoisotopic (exact) mass is 1050 g/mol. The largest absolute Gasteiger partial charge is 0.497 e. The number of allylic oxidation sites excluding steroid dienone is 1. The molecule has 2 aromatic carbocycles. The molecule has 0 aliphatic carbocycles. The van der Waals surface area contributed by atoms with Crippen molar-refractivity contribution in [3.05, 3.63) is 65.7 Å². The van der Waals surface area contributed by atoms with Crippen molar-refractivity contribution in [1.82, 2.24) is 5.48 Å². The van der Waals surface area contributed by atoms with E-state index in [9.17, 15) is 75.4 Å². The fourth-order valence-corrected chi connectivity index (χ4v) is 11.3. The average molecular weight is 1050 g/mol. The van der Waals surface area contributed by atoms with Crippen LogP contribution < -0.4 is 20.3 Å². The first-order valence-electron chi connectivity index (χ1n) is 20.2. The maximum absolute atomic E-state index is 15.0. The Balaban J connectivity index is 2.33. The molecule has 0 aromatic heterocycles. The number of rotatable bonds is 26. The van der Waals surface area contributed by atoms with Gasteiger partial charge in [0.05, 0.1) is 19.8 Å². The average Bonchev–Trinajstić information content (AvgIpc) is 3.26. The number of hydrogen-bond donors (Lipinski definition) is 3. The summed E-state index contributed by atoms with van der Waals surface area (Å²) < 4.78 is 264. The van der Waals surface area contributed by atoms with Crippen molar-refractivity contribution in [3.8, 4) is 11.5 Å². The number of carbonyl (C=O) groups is 2. The third kappa shape index (κ3) is 12.7. The molecule has 0 unspecified atom stereocenters. The molecule has 2 rings (SSSR count). The van der Waals surface area contributed by atoms with E-state index in [-0.39, 0.29) is 24.2 Å². The number of methoxy groups -OCH3 is 2. The molecule has 0 fully saturated rings. The van der Waals surface area contributed by atoms with Crippen molar-refractivity contribution in [1.29, 1.82) is 0 Å². The first kappa shape index (κ1) is 60.5. The van der Waals surface area contributed by atoms with Gasteiger partial charge in [-0.25, -0.2) is 10.3 Å². The maximum Gasteiger partial charge on any atom is 0.460 e. The number of alkyl halides is 17. The molecule has 2 amide bonds. The SMILES string of the molecule is COc1ccc(NC(=O)O[C@@H](c2ccc(OCCO[Si](CCC(F)(F)C(F)(F)C(F)(F)C(F)(F)C(F)(F)C(F)(F)C(F)(F)C(F)(F)F)(C(C)C)C(C)C)cc2)[C@H](CC/C=C(\C)C(=O)NO)OC)cc1. The maximum atomic E-state index is 15.0. The highest BCUT2D eigenvalue weighted by atomic mass is 28.4. The van der Waals surface area contributed by atoms with Crippen molar-refractivity contribution >= 4 is 26.0 Å². The Morgan fingerprint density at radius 2 is 1.16 bits per heavy atom. The van der Waals surface area contributed by atoms with Gasteiger partial charge in [-0.15, -0.1) is 0 Å². The van der Waals surface area contributed by atoms with Crippen LogP contribution in [0.4, 0.5) is 85.1 Å². The molecule has 3 N–H and O–H groups in total. The van der Waals surface area contributed by atoms with Crippen LogP contribution >= 0.6 is 0 Å². The Morgan fingerprint density at radius 3 is 1.61 bits per heavy atom. The van der Waals surface area contributed by atoms with Gasteiger partial charge in [0.15, 0.2) is 14.4 Å². The van der Waals surface area contributed by atoms with Gasteiger partial charge < -0.3 is 23.4 Å². The van der Waals surface area contributed by atoms with Gasteiger partial charge in [0.2, 0.25) is 0 Å². The molecule has 0 radical (unpaired) electrons. The first-order chi connectivity index (χ1) is 31.4. The molecule has 2 atom stereocenters. The second kappa shape index (κ2) is 22.7. The van der Waals surface area contributed by atoms with E-state index in [1.807, 2.05) is 0 Å². The Hall–Kier alpha value is -4.57. The van der Waals surface area contributed by atoms with Gasteiger partial charge >= 0.3 is 53.7 Å². The molecule has 0 saturated carbocycles. The highest BCUT2D eigenvalue weighted by molar-refractivity contribution is 6.76. The highest BCUT2D eigenvalue weighted by Crippen LogP contribution is 2.64. The van der Waals surface area contributed by atoms with E-state index in [1.54, 1.807) is 12.1 Å². The lowest BCUT2D eigenvalue weighted by molar-refractivity contribution is -0.461. The summed E-state index contributed by atoms with van der Waals surface area (Å²) in [5.41, 5.74) is 0.477.